The molecule has 1 aromatic carbocycles. The first-order valence-corrected chi connectivity index (χ1v) is 10.1. The minimum absolute atomic E-state index is 0.0865. The van der Waals surface area contributed by atoms with Crippen molar-refractivity contribution in [2.45, 2.75) is 45.6 Å². The molecule has 0 spiro atoms. The van der Waals surface area contributed by atoms with Gasteiger partial charge in [-0.1, -0.05) is 44.2 Å². The van der Waals surface area contributed by atoms with Gasteiger partial charge in [0, 0.05) is 31.0 Å². The van der Waals surface area contributed by atoms with Crippen molar-refractivity contribution >= 4 is 0 Å². The third-order valence-corrected chi connectivity index (χ3v) is 6.39. The first kappa shape index (κ1) is 20.7. The van der Waals surface area contributed by atoms with Crippen LogP contribution in [0, 0.1) is 45.3 Å². The van der Waals surface area contributed by atoms with E-state index < -0.39 is 11.3 Å². The lowest BCUT2D eigenvalue weighted by Gasteiger charge is -2.46. The second kappa shape index (κ2) is 7.75. The molecule has 1 aliphatic carbocycles. The first-order chi connectivity index (χ1) is 13.8. The Labute approximate surface area is 173 Å². The van der Waals surface area contributed by atoms with Crippen LogP contribution >= 0.6 is 0 Å². The molecule has 2 N–H and O–H groups in total. The van der Waals surface area contributed by atoms with Gasteiger partial charge in [0.25, 0.3) is 0 Å². The Kier molecular flexibility index (Phi) is 5.52. The van der Waals surface area contributed by atoms with Crippen molar-refractivity contribution in [2.75, 3.05) is 13.1 Å². The van der Waals surface area contributed by atoms with Crippen molar-refractivity contribution in [1.29, 1.82) is 15.8 Å². The van der Waals surface area contributed by atoms with Gasteiger partial charge in [-0.3, -0.25) is 4.90 Å². The van der Waals surface area contributed by atoms with Crippen molar-refractivity contribution in [2.24, 2.45) is 17.1 Å². The maximum absolute atomic E-state index is 10.1. The van der Waals surface area contributed by atoms with E-state index in [0.717, 1.165) is 17.7 Å². The number of fused-ring (bicyclic) bond motifs is 1. The summed E-state index contributed by atoms with van der Waals surface area (Å²) in [5.41, 5.74) is 8.17. The molecule has 5 heteroatoms. The molecular weight excluding hydrogens is 358 g/mol. The summed E-state index contributed by atoms with van der Waals surface area (Å²) < 4.78 is 0. The van der Waals surface area contributed by atoms with Crippen LogP contribution in [0.25, 0.3) is 0 Å². The van der Waals surface area contributed by atoms with Gasteiger partial charge in [0.05, 0.1) is 23.4 Å². The highest BCUT2D eigenvalue weighted by Gasteiger charge is 2.54. The molecule has 29 heavy (non-hydrogen) atoms. The fraction of sp³-hybridized carbons (Fsp3) is 0.458. The summed E-state index contributed by atoms with van der Waals surface area (Å²) in [6.45, 7) is 9.94. The predicted octanol–water partition coefficient (Wildman–Crippen LogP) is 3.94. The van der Waals surface area contributed by atoms with Gasteiger partial charge in [-0.15, -0.1) is 0 Å². The van der Waals surface area contributed by atoms with E-state index in [1.807, 2.05) is 18.2 Å². The van der Waals surface area contributed by atoms with E-state index in [9.17, 15) is 15.8 Å². The molecule has 1 heterocycles. The van der Waals surface area contributed by atoms with Crippen LogP contribution in [0.3, 0.4) is 0 Å². The SMILES string of the molecule is CC(C)c1ccc([C@@H]2[C@@H]3CN(C(C)C)CC=C3C(C#N)=C(N)C2(C#N)C#N)cc1. The molecule has 2 atom stereocenters. The molecule has 1 aliphatic heterocycles. The second-order valence-electron chi connectivity index (χ2n) is 8.54. The molecule has 3 rings (SSSR count). The Morgan fingerprint density at radius 3 is 2.17 bits per heavy atom. The summed E-state index contributed by atoms with van der Waals surface area (Å²) in [6.07, 6.45) is 2.05. The molecule has 148 valence electrons. The molecule has 0 bridgehead atoms. The topological polar surface area (TPSA) is 101 Å². The smallest absolute Gasteiger partial charge is 0.191 e. The minimum Gasteiger partial charge on any atom is -0.399 e. The number of benzene rings is 1. The maximum Gasteiger partial charge on any atom is 0.191 e. The zero-order valence-electron chi connectivity index (χ0n) is 17.5. The highest BCUT2D eigenvalue weighted by molar-refractivity contribution is 5.59. The zero-order valence-corrected chi connectivity index (χ0v) is 17.5. The highest BCUT2D eigenvalue weighted by atomic mass is 15.2. The van der Waals surface area contributed by atoms with Gasteiger partial charge < -0.3 is 5.73 Å². The molecule has 0 fully saturated rings. The fourth-order valence-corrected chi connectivity index (χ4v) is 4.59. The average molecular weight is 386 g/mol. The van der Waals surface area contributed by atoms with Crippen LogP contribution in [0.1, 0.15) is 50.7 Å². The van der Waals surface area contributed by atoms with Gasteiger partial charge >= 0.3 is 0 Å². The van der Waals surface area contributed by atoms with Crippen molar-refractivity contribution in [3.63, 3.8) is 0 Å². The number of hydrogen-bond donors (Lipinski definition) is 1. The molecule has 1 aromatic rings. The van der Waals surface area contributed by atoms with Crippen LogP contribution in [0.15, 0.2) is 47.2 Å². The second-order valence-corrected chi connectivity index (χ2v) is 8.54. The van der Waals surface area contributed by atoms with E-state index in [1.165, 1.54) is 5.56 Å². The van der Waals surface area contributed by atoms with Gasteiger partial charge in [0.15, 0.2) is 5.41 Å². The number of rotatable bonds is 3. The Morgan fingerprint density at radius 1 is 1.07 bits per heavy atom. The van der Waals surface area contributed by atoms with E-state index in [0.29, 0.717) is 24.1 Å². The van der Waals surface area contributed by atoms with Crippen molar-refractivity contribution in [3.05, 3.63) is 58.3 Å². The largest absolute Gasteiger partial charge is 0.399 e. The first-order valence-electron chi connectivity index (χ1n) is 10.1. The monoisotopic (exact) mass is 385 g/mol. The van der Waals surface area contributed by atoms with E-state index in [-0.39, 0.29) is 11.6 Å². The molecular formula is C24H27N5. The molecule has 0 aromatic heterocycles. The van der Waals surface area contributed by atoms with Crippen molar-refractivity contribution in [3.8, 4) is 18.2 Å². The lowest BCUT2D eigenvalue weighted by Crippen LogP contribution is -2.49. The quantitative estimate of drug-likeness (QED) is 0.849. The number of allylic oxidation sites excluding steroid dienone is 2. The van der Waals surface area contributed by atoms with Gasteiger partial charge in [0.2, 0.25) is 0 Å². The summed E-state index contributed by atoms with van der Waals surface area (Å²) in [6, 6.07) is 15.1. The molecule has 5 nitrogen and oxygen atoms in total. The summed E-state index contributed by atoms with van der Waals surface area (Å²) >= 11 is 0. The van der Waals surface area contributed by atoms with Gasteiger partial charge in [-0.05, 0) is 36.5 Å². The molecule has 2 aliphatic rings. The maximum atomic E-state index is 10.1. The van der Waals surface area contributed by atoms with Gasteiger partial charge in [-0.25, -0.2) is 0 Å². The van der Waals surface area contributed by atoms with Crippen LogP contribution in [-0.2, 0) is 0 Å². The summed E-state index contributed by atoms with van der Waals surface area (Å²) in [4.78, 5) is 2.31. The number of nitrogens with zero attached hydrogens (tertiary/aromatic N) is 4. The fourth-order valence-electron chi connectivity index (χ4n) is 4.59. The predicted molar refractivity (Wildman–Crippen MR) is 112 cm³/mol. The molecule has 0 amide bonds. The average Bonchev–Trinajstić information content (AvgIpc) is 2.72. The van der Waals surface area contributed by atoms with E-state index in [2.05, 4.69) is 62.9 Å². The van der Waals surface area contributed by atoms with Crippen LogP contribution in [0.4, 0.5) is 0 Å². The van der Waals surface area contributed by atoms with E-state index >= 15 is 0 Å². The van der Waals surface area contributed by atoms with Gasteiger partial charge in [0.1, 0.15) is 6.07 Å². The Balaban J connectivity index is 2.25. The minimum atomic E-state index is -1.56. The summed E-state index contributed by atoms with van der Waals surface area (Å²) in [5.74, 6) is -0.176. The van der Waals surface area contributed by atoms with Crippen LogP contribution in [0.5, 0.6) is 0 Å². The Bertz CT molecular complexity index is 962. The third kappa shape index (κ3) is 3.21. The number of nitriles is 3. The van der Waals surface area contributed by atoms with E-state index in [4.69, 9.17) is 5.73 Å². The summed E-state index contributed by atoms with van der Waals surface area (Å²) in [5, 5.41) is 30.1. The molecule has 0 saturated carbocycles. The molecule has 0 unspecified atom stereocenters. The Hall–Kier alpha value is -3.07. The zero-order chi connectivity index (χ0) is 21.3. The molecule has 0 saturated heterocycles. The van der Waals surface area contributed by atoms with Crippen LogP contribution in [0.2, 0.25) is 0 Å². The lowest BCUT2D eigenvalue weighted by atomic mass is 9.58. The van der Waals surface area contributed by atoms with E-state index in [1.54, 1.807) is 0 Å². The third-order valence-electron chi connectivity index (χ3n) is 6.39. The van der Waals surface area contributed by atoms with Crippen LogP contribution < -0.4 is 5.73 Å². The van der Waals surface area contributed by atoms with Crippen LogP contribution in [-0.4, -0.2) is 24.0 Å². The van der Waals surface area contributed by atoms with Crippen molar-refractivity contribution < 1.29 is 0 Å². The Morgan fingerprint density at radius 2 is 1.69 bits per heavy atom. The normalized spacial score (nSPS) is 23.8. The number of nitrogens with two attached hydrogens (primary N) is 1. The summed E-state index contributed by atoms with van der Waals surface area (Å²) in [7, 11) is 0. The van der Waals surface area contributed by atoms with Gasteiger partial charge in [-0.2, -0.15) is 15.8 Å². The highest BCUT2D eigenvalue weighted by Crippen LogP contribution is 2.54. The standard InChI is InChI=1S/C24H27N5/c1-15(2)17-5-7-18(8-6-17)22-21-12-29(16(3)4)10-9-19(21)20(11-25)23(28)24(22,13-26)14-27/h5-9,15-16,21-22H,10,12,28H2,1-4H3/t21-,22-/m1/s1. The van der Waals surface area contributed by atoms with Crippen molar-refractivity contribution in [1.82, 2.24) is 4.90 Å². The number of hydrogen-bond acceptors (Lipinski definition) is 5. The molecule has 0 radical (unpaired) electrons. The lowest BCUT2D eigenvalue weighted by molar-refractivity contribution is 0.174.